The van der Waals surface area contributed by atoms with Crippen LogP contribution in [0.3, 0.4) is 0 Å². The van der Waals surface area contributed by atoms with Crippen LogP contribution in [0.4, 0.5) is 0 Å². The molecule has 0 saturated carbocycles. The predicted molar refractivity (Wildman–Crippen MR) is 83.6 cm³/mol. The van der Waals surface area contributed by atoms with Crippen LogP contribution in [-0.2, 0) is 26.1 Å². The molecule has 2 N–H and O–H groups in total. The van der Waals surface area contributed by atoms with E-state index < -0.39 is 0 Å². The first kappa shape index (κ1) is 15.1. The molecule has 0 atom stereocenters. The van der Waals surface area contributed by atoms with E-state index in [0.29, 0.717) is 13.2 Å². The lowest BCUT2D eigenvalue weighted by Gasteiger charge is -2.11. The van der Waals surface area contributed by atoms with E-state index in [1.165, 1.54) is 0 Å². The molecular weight excluding hydrogens is 318 g/mol. The molecule has 0 unspecified atom stereocenters. The molecule has 2 aromatic rings. The molecule has 0 aliphatic carbocycles. The van der Waals surface area contributed by atoms with E-state index in [1.807, 2.05) is 22.9 Å². The molecule has 4 nitrogen and oxygen atoms in total. The maximum atomic E-state index is 5.91. The second kappa shape index (κ2) is 6.90. The number of hydrogen-bond acceptors (Lipinski definition) is 3. The third-order valence-corrected chi connectivity index (χ3v) is 3.69. The molecule has 5 heteroatoms. The minimum absolute atomic E-state index is 0.460. The van der Waals surface area contributed by atoms with Gasteiger partial charge in [-0.2, -0.15) is 5.10 Å². The fourth-order valence-corrected chi connectivity index (χ4v) is 2.49. The normalized spacial score (nSPS) is 10.8. The smallest absolute Gasteiger partial charge is 0.130 e. The Kier molecular flexibility index (Phi) is 5.20. The summed E-state index contributed by atoms with van der Waals surface area (Å²) in [4.78, 5) is 0. The van der Waals surface area contributed by atoms with Gasteiger partial charge in [-0.3, -0.25) is 4.68 Å². The molecule has 0 amide bonds. The fraction of sp³-hybridized carbons (Fsp3) is 0.400. The summed E-state index contributed by atoms with van der Waals surface area (Å²) >= 11 is 3.44. The van der Waals surface area contributed by atoms with Crippen molar-refractivity contribution >= 4 is 15.9 Å². The second-order valence-corrected chi connectivity index (χ2v) is 5.46. The van der Waals surface area contributed by atoms with Crippen LogP contribution in [0.1, 0.15) is 30.8 Å². The Hall–Kier alpha value is -1.33. The zero-order valence-electron chi connectivity index (χ0n) is 11.9. The summed E-state index contributed by atoms with van der Waals surface area (Å²) in [6.45, 7) is 6.01. The first-order valence-corrected chi connectivity index (χ1v) is 7.64. The van der Waals surface area contributed by atoms with Crippen molar-refractivity contribution in [2.45, 2.75) is 40.0 Å². The molecule has 1 aromatic heterocycles. The number of nitrogens with two attached hydrogens (primary N) is 1. The van der Waals surface area contributed by atoms with E-state index in [1.54, 1.807) is 0 Å². The molecule has 0 fully saturated rings. The summed E-state index contributed by atoms with van der Waals surface area (Å²) in [6.07, 6.45) is 0.937. The Morgan fingerprint density at radius 3 is 2.75 bits per heavy atom. The Bertz CT molecular complexity index is 580. The maximum Gasteiger partial charge on any atom is 0.130 e. The molecule has 1 aromatic carbocycles. The Morgan fingerprint density at radius 2 is 2.10 bits per heavy atom. The van der Waals surface area contributed by atoms with Gasteiger partial charge in [-0.25, -0.2) is 0 Å². The molecule has 0 radical (unpaired) electrons. The Morgan fingerprint density at radius 1 is 1.30 bits per heavy atom. The van der Waals surface area contributed by atoms with Crippen LogP contribution < -0.4 is 10.5 Å². The number of aromatic nitrogens is 2. The van der Waals surface area contributed by atoms with Crippen molar-refractivity contribution in [3.63, 3.8) is 0 Å². The van der Waals surface area contributed by atoms with Gasteiger partial charge in [-0.15, -0.1) is 0 Å². The summed E-state index contributed by atoms with van der Waals surface area (Å²) in [5, 5.41) is 4.52. The average Bonchev–Trinajstić information content (AvgIpc) is 2.88. The van der Waals surface area contributed by atoms with Crippen molar-refractivity contribution in [2.75, 3.05) is 0 Å². The first-order valence-electron chi connectivity index (χ1n) is 6.84. The van der Waals surface area contributed by atoms with Gasteiger partial charge < -0.3 is 10.5 Å². The number of nitrogens with zero attached hydrogens (tertiary/aromatic N) is 2. The average molecular weight is 338 g/mol. The van der Waals surface area contributed by atoms with E-state index in [4.69, 9.17) is 10.5 Å². The van der Waals surface area contributed by atoms with Gasteiger partial charge in [0, 0.05) is 23.1 Å². The summed E-state index contributed by atoms with van der Waals surface area (Å²) in [6, 6.07) is 8.00. The van der Waals surface area contributed by atoms with Gasteiger partial charge in [-0.1, -0.05) is 22.9 Å². The van der Waals surface area contributed by atoms with Gasteiger partial charge in [0.2, 0.25) is 0 Å². The fourth-order valence-electron chi connectivity index (χ4n) is 2.08. The van der Waals surface area contributed by atoms with Crippen molar-refractivity contribution in [2.24, 2.45) is 5.73 Å². The lowest BCUT2D eigenvalue weighted by atomic mass is 10.2. The standard InChI is InChI=1S/C15H20BrN3O/c1-3-13-8-14(19(4-2)18-13)10-20-15-6-5-12(16)7-11(15)9-17/h5-8H,3-4,9-10,17H2,1-2H3. The summed E-state index contributed by atoms with van der Waals surface area (Å²) in [5.74, 6) is 0.831. The van der Waals surface area contributed by atoms with E-state index in [0.717, 1.165) is 40.1 Å². The molecule has 0 bridgehead atoms. The van der Waals surface area contributed by atoms with Crippen LogP contribution >= 0.6 is 15.9 Å². The molecular formula is C15H20BrN3O. The number of halogens is 1. The third kappa shape index (κ3) is 3.41. The van der Waals surface area contributed by atoms with Gasteiger partial charge in [0.25, 0.3) is 0 Å². The quantitative estimate of drug-likeness (QED) is 0.880. The molecule has 108 valence electrons. The zero-order chi connectivity index (χ0) is 14.5. The van der Waals surface area contributed by atoms with Crippen LogP contribution in [0.25, 0.3) is 0 Å². The van der Waals surface area contributed by atoms with E-state index in [9.17, 15) is 0 Å². The topological polar surface area (TPSA) is 53.1 Å². The van der Waals surface area contributed by atoms with Crippen LogP contribution in [0, 0.1) is 0 Å². The molecule has 0 spiro atoms. The monoisotopic (exact) mass is 337 g/mol. The highest BCUT2D eigenvalue weighted by molar-refractivity contribution is 9.10. The van der Waals surface area contributed by atoms with Crippen LogP contribution in [0.15, 0.2) is 28.7 Å². The van der Waals surface area contributed by atoms with Crippen molar-refractivity contribution < 1.29 is 4.74 Å². The van der Waals surface area contributed by atoms with Crippen molar-refractivity contribution in [3.05, 3.63) is 45.7 Å². The van der Waals surface area contributed by atoms with Crippen LogP contribution in [0.5, 0.6) is 5.75 Å². The van der Waals surface area contributed by atoms with Crippen molar-refractivity contribution in [1.29, 1.82) is 0 Å². The summed E-state index contributed by atoms with van der Waals surface area (Å²) in [5.41, 5.74) is 8.94. The highest BCUT2D eigenvalue weighted by Crippen LogP contribution is 2.23. The highest BCUT2D eigenvalue weighted by Gasteiger charge is 2.08. The summed E-state index contributed by atoms with van der Waals surface area (Å²) < 4.78 is 8.90. The highest BCUT2D eigenvalue weighted by atomic mass is 79.9. The van der Waals surface area contributed by atoms with Gasteiger partial charge in [-0.05, 0) is 37.6 Å². The number of ether oxygens (including phenoxy) is 1. The Balaban J connectivity index is 2.14. The van der Waals surface area contributed by atoms with Crippen LogP contribution in [-0.4, -0.2) is 9.78 Å². The van der Waals surface area contributed by atoms with E-state index >= 15 is 0 Å². The molecule has 2 rings (SSSR count). The maximum absolute atomic E-state index is 5.91. The van der Waals surface area contributed by atoms with E-state index in [2.05, 4.69) is 40.9 Å². The molecule has 20 heavy (non-hydrogen) atoms. The molecule has 0 aliphatic heterocycles. The lowest BCUT2D eigenvalue weighted by molar-refractivity contribution is 0.289. The largest absolute Gasteiger partial charge is 0.487 e. The Labute approximate surface area is 128 Å². The van der Waals surface area contributed by atoms with Crippen LogP contribution in [0.2, 0.25) is 0 Å². The molecule has 1 heterocycles. The van der Waals surface area contributed by atoms with Crippen molar-refractivity contribution in [1.82, 2.24) is 9.78 Å². The molecule has 0 saturated heterocycles. The van der Waals surface area contributed by atoms with Gasteiger partial charge in [0.15, 0.2) is 0 Å². The first-order chi connectivity index (χ1) is 9.67. The second-order valence-electron chi connectivity index (χ2n) is 4.54. The van der Waals surface area contributed by atoms with E-state index in [-0.39, 0.29) is 0 Å². The summed E-state index contributed by atoms with van der Waals surface area (Å²) in [7, 11) is 0. The number of rotatable bonds is 6. The zero-order valence-corrected chi connectivity index (χ0v) is 13.5. The third-order valence-electron chi connectivity index (χ3n) is 3.19. The minimum Gasteiger partial charge on any atom is -0.487 e. The van der Waals surface area contributed by atoms with Gasteiger partial charge in [0.1, 0.15) is 12.4 Å². The minimum atomic E-state index is 0.460. The van der Waals surface area contributed by atoms with Crippen molar-refractivity contribution in [3.8, 4) is 5.75 Å². The number of aryl methyl sites for hydroxylation is 2. The van der Waals surface area contributed by atoms with Gasteiger partial charge in [0.05, 0.1) is 11.4 Å². The lowest BCUT2D eigenvalue weighted by Crippen LogP contribution is -2.08. The predicted octanol–water partition coefficient (Wildman–Crippen LogP) is 3.27. The number of hydrogen-bond donors (Lipinski definition) is 1. The molecule has 0 aliphatic rings. The number of benzene rings is 1. The van der Waals surface area contributed by atoms with Gasteiger partial charge >= 0.3 is 0 Å². The SMILES string of the molecule is CCc1cc(COc2ccc(Br)cc2CN)n(CC)n1.